The molecule has 1 saturated carbocycles. The van der Waals surface area contributed by atoms with E-state index in [9.17, 15) is 4.79 Å². The largest absolute Gasteiger partial charge is 0.469 e. The number of rotatable bonds is 2. The highest BCUT2D eigenvalue weighted by Gasteiger charge is 2.50. The van der Waals surface area contributed by atoms with Crippen molar-refractivity contribution in [1.82, 2.24) is 0 Å². The Bertz CT molecular complexity index is 178. The van der Waals surface area contributed by atoms with Gasteiger partial charge in [0.2, 0.25) is 0 Å². The predicted octanol–water partition coefficient (Wildman–Crippen LogP) is 0.727. The first-order valence-corrected chi connectivity index (χ1v) is 4.03. The summed E-state index contributed by atoms with van der Waals surface area (Å²) in [5, 5.41) is 0. The highest BCUT2D eigenvalue weighted by Crippen LogP contribution is 2.44. The Labute approximate surface area is 65.7 Å². The van der Waals surface area contributed by atoms with Gasteiger partial charge in [-0.05, 0) is 18.8 Å². The van der Waals surface area contributed by atoms with Crippen LogP contribution in [0.2, 0.25) is 0 Å². The van der Waals surface area contributed by atoms with Crippen LogP contribution in [-0.2, 0) is 14.3 Å². The zero-order valence-electron chi connectivity index (χ0n) is 6.58. The van der Waals surface area contributed by atoms with Crippen molar-refractivity contribution in [2.45, 2.75) is 31.5 Å². The van der Waals surface area contributed by atoms with Crippen LogP contribution in [0.25, 0.3) is 0 Å². The summed E-state index contributed by atoms with van der Waals surface area (Å²) in [5.41, 5.74) is 0. The van der Waals surface area contributed by atoms with E-state index in [1.54, 1.807) is 0 Å². The Balaban J connectivity index is 1.82. The van der Waals surface area contributed by atoms with E-state index in [2.05, 4.69) is 4.74 Å². The molecule has 3 atom stereocenters. The van der Waals surface area contributed by atoms with E-state index < -0.39 is 0 Å². The zero-order valence-corrected chi connectivity index (χ0v) is 6.58. The maximum absolute atomic E-state index is 10.9. The first-order chi connectivity index (χ1) is 5.31. The standard InChI is InChI=1S/C8H12O3/c1-10-7(9)4-5-2-3-6-8(5)11-6/h5-6,8H,2-4H2,1H3. The molecule has 3 unspecified atom stereocenters. The molecular weight excluding hydrogens is 144 g/mol. The van der Waals surface area contributed by atoms with Crippen LogP contribution in [0.15, 0.2) is 0 Å². The molecule has 2 rings (SSSR count). The van der Waals surface area contributed by atoms with Crippen LogP contribution in [-0.4, -0.2) is 25.3 Å². The van der Waals surface area contributed by atoms with Gasteiger partial charge >= 0.3 is 5.97 Å². The summed E-state index contributed by atoms with van der Waals surface area (Å²) >= 11 is 0. The molecule has 1 aliphatic carbocycles. The third-order valence-electron chi connectivity index (χ3n) is 2.56. The minimum atomic E-state index is -0.105. The number of esters is 1. The van der Waals surface area contributed by atoms with Crippen molar-refractivity contribution in [3.05, 3.63) is 0 Å². The lowest BCUT2D eigenvalue weighted by molar-refractivity contribution is -0.141. The molecule has 0 N–H and O–H groups in total. The molecule has 0 radical (unpaired) electrons. The average molecular weight is 156 g/mol. The molecule has 1 heterocycles. The second-order valence-electron chi connectivity index (χ2n) is 3.26. The summed E-state index contributed by atoms with van der Waals surface area (Å²) in [5.74, 6) is 0.332. The second kappa shape index (κ2) is 2.48. The molecule has 0 bridgehead atoms. The van der Waals surface area contributed by atoms with Crippen LogP contribution < -0.4 is 0 Å². The molecular formula is C8H12O3. The molecule has 0 aromatic carbocycles. The van der Waals surface area contributed by atoms with E-state index in [0.717, 1.165) is 12.8 Å². The van der Waals surface area contributed by atoms with E-state index in [-0.39, 0.29) is 5.97 Å². The Morgan fingerprint density at radius 2 is 2.45 bits per heavy atom. The van der Waals surface area contributed by atoms with Gasteiger partial charge in [0.05, 0.1) is 25.7 Å². The maximum atomic E-state index is 10.9. The van der Waals surface area contributed by atoms with Crippen molar-refractivity contribution in [3.8, 4) is 0 Å². The number of carbonyl (C=O) groups is 1. The molecule has 0 spiro atoms. The van der Waals surface area contributed by atoms with Gasteiger partial charge in [0.25, 0.3) is 0 Å². The van der Waals surface area contributed by atoms with Crippen molar-refractivity contribution in [2.24, 2.45) is 5.92 Å². The summed E-state index contributed by atoms with van der Waals surface area (Å²) in [4.78, 5) is 10.9. The lowest BCUT2D eigenvalue weighted by Crippen LogP contribution is -2.12. The van der Waals surface area contributed by atoms with Gasteiger partial charge in [-0.15, -0.1) is 0 Å². The summed E-state index contributed by atoms with van der Waals surface area (Å²) in [7, 11) is 1.43. The first kappa shape index (κ1) is 7.10. The average Bonchev–Trinajstić information content (AvgIpc) is 2.70. The van der Waals surface area contributed by atoms with Gasteiger partial charge in [-0.3, -0.25) is 4.79 Å². The quantitative estimate of drug-likeness (QED) is 0.437. The van der Waals surface area contributed by atoms with Gasteiger partial charge < -0.3 is 9.47 Å². The Kier molecular flexibility index (Phi) is 1.60. The number of hydrogen-bond donors (Lipinski definition) is 0. The molecule has 3 heteroatoms. The van der Waals surface area contributed by atoms with Gasteiger partial charge in [-0.25, -0.2) is 0 Å². The molecule has 2 fully saturated rings. The summed E-state index contributed by atoms with van der Waals surface area (Å²) < 4.78 is 9.89. The minimum absolute atomic E-state index is 0.105. The number of fused-ring (bicyclic) bond motifs is 1. The van der Waals surface area contributed by atoms with Gasteiger partial charge in [-0.2, -0.15) is 0 Å². The van der Waals surface area contributed by atoms with E-state index in [1.807, 2.05) is 0 Å². The van der Waals surface area contributed by atoms with Crippen molar-refractivity contribution >= 4 is 5.97 Å². The van der Waals surface area contributed by atoms with Crippen molar-refractivity contribution in [1.29, 1.82) is 0 Å². The van der Waals surface area contributed by atoms with E-state index in [0.29, 0.717) is 24.5 Å². The molecule has 3 nitrogen and oxygen atoms in total. The van der Waals surface area contributed by atoms with Gasteiger partial charge in [0.15, 0.2) is 0 Å². The zero-order chi connectivity index (χ0) is 7.84. The Morgan fingerprint density at radius 3 is 2.91 bits per heavy atom. The second-order valence-corrected chi connectivity index (χ2v) is 3.26. The highest BCUT2D eigenvalue weighted by molar-refractivity contribution is 5.69. The summed E-state index contributed by atoms with van der Waals surface area (Å²) in [6, 6.07) is 0. The summed E-state index contributed by atoms with van der Waals surface area (Å²) in [6.45, 7) is 0. The van der Waals surface area contributed by atoms with Crippen molar-refractivity contribution in [2.75, 3.05) is 7.11 Å². The lowest BCUT2D eigenvalue weighted by atomic mass is 10.0. The molecule has 1 aliphatic heterocycles. The molecule has 0 aromatic heterocycles. The minimum Gasteiger partial charge on any atom is -0.469 e. The monoisotopic (exact) mass is 156 g/mol. The van der Waals surface area contributed by atoms with Crippen LogP contribution in [0.1, 0.15) is 19.3 Å². The number of carbonyl (C=O) groups excluding carboxylic acids is 1. The fourth-order valence-electron chi connectivity index (χ4n) is 1.86. The van der Waals surface area contributed by atoms with E-state index in [1.165, 1.54) is 7.11 Å². The molecule has 0 aromatic rings. The summed E-state index contributed by atoms with van der Waals surface area (Å²) in [6.07, 6.45) is 3.66. The van der Waals surface area contributed by atoms with Crippen molar-refractivity contribution in [3.63, 3.8) is 0 Å². The fraction of sp³-hybridized carbons (Fsp3) is 0.875. The number of methoxy groups -OCH3 is 1. The Morgan fingerprint density at radius 1 is 1.64 bits per heavy atom. The normalized spacial score (nSPS) is 39.9. The molecule has 11 heavy (non-hydrogen) atoms. The highest BCUT2D eigenvalue weighted by atomic mass is 16.6. The number of hydrogen-bond acceptors (Lipinski definition) is 3. The van der Waals surface area contributed by atoms with Gasteiger partial charge in [-0.1, -0.05) is 0 Å². The van der Waals surface area contributed by atoms with Crippen LogP contribution in [0.4, 0.5) is 0 Å². The third kappa shape index (κ3) is 1.25. The maximum Gasteiger partial charge on any atom is 0.305 e. The van der Waals surface area contributed by atoms with E-state index in [4.69, 9.17) is 4.74 Å². The fourth-order valence-corrected chi connectivity index (χ4v) is 1.86. The van der Waals surface area contributed by atoms with Crippen LogP contribution >= 0.6 is 0 Å². The molecule has 2 aliphatic rings. The molecule has 1 saturated heterocycles. The SMILES string of the molecule is COC(=O)CC1CCC2OC12. The number of epoxide rings is 1. The van der Waals surface area contributed by atoms with Crippen LogP contribution in [0, 0.1) is 5.92 Å². The van der Waals surface area contributed by atoms with Crippen LogP contribution in [0.5, 0.6) is 0 Å². The van der Waals surface area contributed by atoms with Gasteiger partial charge in [0, 0.05) is 0 Å². The van der Waals surface area contributed by atoms with Crippen LogP contribution in [0.3, 0.4) is 0 Å². The number of ether oxygens (including phenoxy) is 2. The van der Waals surface area contributed by atoms with Gasteiger partial charge in [0.1, 0.15) is 0 Å². The first-order valence-electron chi connectivity index (χ1n) is 4.03. The predicted molar refractivity (Wildman–Crippen MR) is 38.0 cm³/mol. The Hall–Kier alpha value is -0.570. The lowest BCUT2D eigenvalue weighted by Gasteiger charge is -2.07. The third-order valence-corrected chi connectivity index (χ3v) is 2.56. The van der Waals surface area contributed by atoms with Crippen molar-refractivity contribution < 1.29 is 14.3 Å². The molecule has 62 valence electrons. The van der Waals surface area contributed by atoms with E-state index >= 15 is 0 Å². The smallest absolute Gasteiger partial charge is 0.305 e. The topological polar surface area (TPSA) is 38.8 Å². The molecule has 0 amide bonds.